The van der Waals surface area contributed by atoms with Gasteiger partial charge in [0.2, 0.25) is 17.8 Å². The van der Waals surface area contributed by atoms with Crippen LogP contribution in [0.15, 0.2) is 48.8 Å². The quantitative estimate of drug-likeness (QED) is 0.198. The Morgan fingerprint density at radius 2 is 1.62 bits per heavy atom. The molecule has 4 fully saturated rings. The van der Waals surface area contributed by atoms with Crippen LogP contribution in [0.25, 0.3) is 0 Å². The number of nitrogens with one attached hydrogen (secondary N) is 1. The van der Waals surface area contributed by atoms with Crippen molar-refractivity contribution in [1.29, 1.82) is 10.5 Å². The predicted octanol–water partition coefficient (Wildman–Crippen LogP) is 6.75. The van der Waals surface area contributed by atoms with Crippen LogP contribution < -0.4 is 19.9 Å². The number of fused-ring (bicyclic) bond motifs is 2. The second kappa shape index (κ2) is 16.3. The number of benzene rings is 2. The SMILES string of the molecule is CC(=O)N1CCc2c(c(N3CCCc4cc(C#N)ccc43)nn2C2CC3(C2)CN(C(=O)C2CCN(c4ncc(C(=O)NC5C(C)(C)C(Oc6ccc(C#N)c(Cl)c6)C5(C)C)cn4)CC2)C3)C1. The van der Waals surface area contributed by atoms with Crippen LogP contribution in [0.1, 0.15) is 111 Å². The summed E-state index contributed by atoms with van der Waals surface area (Å²) in [7, 11) is 0. The van der Waals surface area contributed by atoms with Crippen LogP contribution in [0.4, 0.5) is 17.5 Å². The van der Waals surface area contributed by atoms with Gasteiger partial charge in [-0.2, -0.15) is 15.6 Å². The second-order valence-electron chi connectivity index (χ2n) is 20.7. The van der Waals surface area contributed by atoms with E-state index in [2.05, 4.69) is 74.5 Å². The molecule has 4 aliphatic heterocycles. The molecular formula is C50H56ClN11O4. The molecule has 10 rings (SSSR count). The number of rotatable bonds is 8. The maximum atomic E-state index is 13.8. The summed E-state index contributed by atoms with van der Waals surface area (Å²) in [4.78, 5) is 57.4. The largest absolute Gasteiger partial charge is 0.489 e. The molecule has 6 heterocycles. The molecule has 0 bridgehead atoms. The van der Waals surface area contributed by atoms with Gasteiger partial charge in [0.15, 0.2) is 5.82 Å². The normalized spacial score (nSPS) is 22.7. The molecule has 2 saturated heterocycles. The number of aryl methyl sites for hydroxylation is 1. The highest BCUT2D eigenvalue weighted by Gasteiger charge is 2.64. The highest BCUT2D eigenvalue weighted by atomic mass is 35.5. The van der Waals surface area contributed by atoms with E-state index in [4.69, 9.17) is 21.4 Å². The van der Waals surface area contributed by atoms with Gasteiger partial charge in [-0.05, 0) is 74.4 Å². The fraction of sp³-hybridized carbons (Fsp3) is 0.520. The Hall–Kier alpha value is -6.19. The molecule has 2 aromatic heterocycles. The number of nitriles is 2. The number of hydrogen-bond donors (Lipinski definition) is 1. The zero-order chi connectivity index (χ0) is 46.3. The Labute approximate surface area is 390 Å². The van der Waals surface area contributed by atoms with Gasteiger partial charge in [-0.15, -0.1) is 0 Å². The standard InChI is InChI=1S/C50H56ClN11O4/c1-30(63)59-18-14-41-38(27-59)42(61-15-6-7-33-19-31(23-52)8-11-40(33)61)57-62(41)36-21-50(22-36)28-60(29-50)44(65)32-12-16-58(17-13-32)47-54-25-35(26-55-47)43(64)56-45-48(2,3)46(49(45,4)5)66-37-10-9-34(24-53)39(51)20-37/h8-11,19-20,25-26,32,36,45-46H,6-7,12-18,21-22,27-29H2,1-5H3,(H,56,64). The third kappa shape index (κ3) is 7.40. The van der Waals surface area contributed by atoms with E-state index < -0.39 is 10.8 Å². The second-order valence-corrected chi connectivity index (χ2v) is 21.1. The molecule has 2 saturated carbocycles. The van der Waals surface area contributed by atoms with Gasteiger partial charge in [-0.1, -0.05) is 39.3 Å². The van der Waals surface area contributed by atoms with E-state index in [9.17, 15) is 24.9 Å². The van der Waals surface area contributed by atoms with Gasteiger partial charge in [0.05, 0.1) is 40.4 Å². The Balaban J connectivity index is 0.717. The first-order valence-corrected chi connectivity index (χ1v) is 23.7. The van der Waals surface area contributed by atoms with Crippen LogP contribution in [0.2, 0.25) is 5.02 Å². The summed E-state index contributed by atoms with van der Waals surface area (Å²) in [6, 6.07) is 15.4. The third-order valence-electron chi connectivity index (χ3n) is 15.6. The molecule has 2 aliphatic carbocycles. The summed E-state index contributed by atoms with van der Waals surface area (Å²) < 4.78 is 8.63. The summed E-state index contributed by atoms with van der Waals surface area (Å²) in [5.41, 5.74) is 5.34. The first-order valence-electron chi connectivity index (χ1n) is 23.3. The van der Waals surface area contributed by atoms with Crippen LogP contribution in [-0.4, -0.2) is 98.7 Å². The highest BCUT2D eigenvalue weighted by Crippen LogP contribution is 2.57. The van der Waals surface area contributed by atoms with Crippen molar-refractivity contribution in [2.75, 3.05) is 49.1 Å². The van der Waals surface area contributed by atoms with Crippen molar-refractivity contribution in [3.8, 4) is 17.9 Å². The number of hydrogen-bond acceptors (Lipinski definition) is 11. The van der Waals surface area contributed by atoms with Gasteiger partial charge in [0, 0.05) is 116 Å². The molecule has 0 radical (unpaired) electrons. The number of aromatic nitrogens is 4. The monoisotopic (exact) mass is 909 g/mol. The first-order chi connectivity index (χ1) is 31.6. The number of likely N-dealkylation sites (tertiary alicyclic amines) is 1. The van der Waals surface area contributed by atoms with Gasteiger partial charge in [0.25, 0.3) is 5.91 Å². The van der Waals surface area contributed by atoms with Crippen LogP contribution in [0, 0.1) is 44.8 Å². The number of carbonyl (C=O) groups is 3. The average Bonchev–Trinajstić information content (AvgIpc) is 3.66. The van der Waals surface area contributed by atoms with E-state index in [0.717, 1.165) is 87.2 Å². The highest BCUT2D eigenvalue weighted by molar-refractivity contribution is 6.31. The summed E-state index contributed by atoms with van der Waals surface area (Å²) in [6.07, 6.45) is 8.98. The predicted molar refractivity (Wildman–Crippen MR) is 247 cm³/mol. The minimum Gasteiger partial charge on any atom is -0.489 e. The Bertz CT molecular complexity index is 2680. The van der Waals surface area contributed by atoms with Gasteiger partial charge in [-0.25, -0.2) is 9.97 Å². The molecule has 66 heavy (non-hydrogen) atoms. The molecule has 1 spiro atoms. The van der Waals surface area contributed by atoms with E-state index >= 15 is 0 Å². The maximum absolute atomic E-state index is 13.8. The van der Waals surface area contributed by atoms with Crippen molar-refractivity contribution < 1.29 is 19.1 Å². The molecule has 3 amide bonds. The van der Waals surface area contributed by atoms with E-state index in [-0.39, 0.29) is 47.2 Å². The van der Waals surface area contributed by atoms with Crippen LogP contribution in [0.5, 0.6) is 5.75 Å². The van der Waals surface area contributed by atoms with Crippen molar-refractivity contribution in [3.05, 3.63) is 87.3 Å². The van der Waals surface area contributed by atoms with Gasteiger partial charge in [0.1, 0.15) is 17.9 Å². The molecule has 1 N–H and O–H groups in total. The molecule has 2 aromatic carbocycles. The number of anilines is 3. The lowest BCUT2D eigenvalue weighted by Crippen LogP contribution is -2.74. The Morgan fingerprint density at radius 1 is 0.894 bits per heavy atom. The van der Waals surface area contributed by atoms with Crippen molar-refractivity contribution in [3.63, 3.8) is 0 Å². The maximum Gasteiger partial charge on any atom is 0.254 e. The molecule has 16 heteroatoms. The smallest absolute Gasteiger partial charge is 0.254 e. The number of amides is 3. The minimum atomic E-state index is -0.404. The molecule has 0 unspecified atom stereocenters. The molecule has 342 valence electrons. The van der Waals surface area contributed by atoms with Crippen LogP contribution in [0.3, 0.4) is 0 Å². The van der Waals surface area contributed by atoms with Gasteiger partial charge in [-0.3, -0.25) is 19.1 Å². The molecule has 15 nitrogen and oxygen atoms in total. The van der Waals surface area contributed by atoms with Crippen molar-refractivity contribution >= 4 is 46.8 Å². The van der Waals surface area contributed by atoms with Crippen molar-refractivity contribution in [2.45, 2.75) is 104 Å². The van der Waals surface area contributed by atoms with Gasteiger partial charge >= 0.3 is 0 Å². The number of halogens is 1. The summed E-state index contributed by atoms with van der Waals surface area (Å²) in [6.45, 7) is 14.8. The number of nitrogens with zero attached hydrogens (tertiary/aromatic N) is 10. The van der Waals surface area contributed by atoms with Crippen LogP contribution >= 0.6 is 11.6 Å². The van der Waals surface area contributed by atoms with E-state index in [1.54, 1.807) is 37.5 Å². The molecular weight excluding hydrogens is 854 g/mol. The zero-order valence-corrected chi connectivity index (χ0v) is 39.1. The summed E-state index contributed by atoms with van der Waals surface area (Å²) in [5.74, 6) is 2.07. The Kier molecular flexibility index (Phi) is 10.8. The lowest BCUT2D eigenvalue weighted by atomic mass is 9.49. The molecule has 4 aromatic rings. The first kappa shape index (κ1) is 43.7. The summed E-state index contributed by atoms with van der Waals surface area (Å²) in [5, 5.41) is 27.6. The van der Waals surface area contributed by atoms with E-state index in [0.29, 0.717) is 59.6 Å². The fourth-order valence-corrected chi connectivity index (χ4v) is 12.6. The lowest BCUT2D eigenvalue weighted by molar-refractivity contribution is -0.164. The van der Waals surface area contributed by atoms with E-state index in [1.807, 2.05) is 23.1 Å². The number of piperidine rings is 1. The topological polar surface area (TPSA) is 177 Å². The number of ether oxygens (including phenoxy) is 1. The van der Waals surface area contributed by atoms with Crippen LogP contribution in [-0.2, 0) is 29.0 Å². The third-order valence-corrected chi connectivity index (χ3v) is 15.9. The molecule has 0 atom stereocenters. The molecule has 6 aliphatic rings. The van der Waals surface area contributed by atoms with E-state index in [1.165, 1.54) is 5.69 Å². The average molecular weight is 911 g/mol. The van der Waals surface area contributed by atoms with Crippen molar-refractivity contribution in [2.24, 2.45) is 22.2 Å². The summed E-state index contributed by atoms with van der Waals surface area (Å²) >= 11 is 6.26. The van der Waals surface area contributed by atoms with Gasteiger partial charge < -0.3 is 29.7 Å². The zero-order valence-electron chi connectivity index (χ0n) is 38.3. The number of carbonyl (C=O) groups excluding carboxylic acids is 3. The lowest BCUT2D eigenvalue weighted by Gasteiger charge is -2.63. The van der Waals surface area contributed by atoms with Crippen molar-refractivity contribution in [1.82, 2.24) is 34.9 Å². The Morgan fingerprint density at radius 3 is 2.29 bits per heavy atom. The fourth-order valence-electron chi connectivity index (χ4n) is 12.4. The minimum absolute atomic E-state index is 0.0445.